The molecule has 1 heterocycles. The van der Waals surface area contributed by atoms with E-state index in [1.807, 2.05) is 56.3 Å². The highest BCUT2D eigenvalue weighted by molar-refractivity contribution is 6.30. The molecule has 1 aliphatic rings. The van der Waals surface area contributed by atoms with E-state index in [0.717, 1.165) is 41.2 Å². The number of hydrogen-bond acceptors (Lipinski definition) is 6. The maximum absolute atomic E-state index is 12.0. The lowest BCUT2D eigenvalue weighted by atomic mass is 9.90. The average molecular weight is 497 g/mol. The molecule has 1 aromatic carbocycles. The molecule has 1 aliphatic heterocycles. The van der Waals surface area contributed by atoms with Crippen LogP contribution in [0.5, 0.6) is 0 Å². The van der Waals surface area contributed by atoms with Gasteiger partial charge < -0.3 is 15.5 Å². The normalized spacial score (nSPS) is 16.2. The third-order valence-corrected chi connectivity index (χ3v) is 6.14. The molecule has 35 heavy (non-hydrogen) atoms. The molecule has 0 fully saturated rings. The van der Waals surface area contributed by atoms with E-state index < -0.39 is 0 Å². The standard InChI is InChI=1S/C27H37ClN6O/c1-7-9-14-31-25(8-2)26(24(29)18-35)27(21-10-12-22(28)13-11-21)33(6)23-15-19(3)16-34(17-23)20(4)32-30-5/h10-13,15,17-18,27H,5,7-9,14,16,29H2,1-4,6H3/b26-24?,31-25?,32-20-. The summed E-state index contributed by atoms with van der Waals surface area (Å²) in [7, 11) is 1.99. The molecule has 0 radical (unpaired) electrons. The van der Waals surface area contributed by atoms with Gasteiger partial charge in [0, 0.05) is 49.4 Å². The number of rotatable bonds is 11. The Kier molecular flexibility index (Phi) is 10.9. The first-order valence-corrected chi connectivity index (χ1v) is 12.3. The number of nitrogens with zero attached hydrogens (tertiary/aromatic N) is 5. The van der Waals surface area contributed by atoms with E-state index in [9.17, 15) is 4.79 Å². The molecule has 0 amide bonds. The number of carbonyl (C=O) groups excluding carboxylic acids is 1. The fourth-order valence-electron chi connectivity index (χ4n) is 4.05. The van der Waals surface area contributed by atoms with E-state index in [2.05, 4.69) is 41.7 Å². The fourth-order valence-corrected chi connectivity index (χ4v) is 4.18. The molecule has 8 heteroatoms. The van der Waals surface area contributed by atoms with E-state index in [-0.39, 0.29) is 11.7 Å². The number of aliphatic imine (C=N–C) groups is 1. The molecular formula is C27H37ClN6O. The van der Waals surface area contributed by atoms with Gasteiger partial charge >= 0.3 is 0 Å². The first-order chi connectivity index (χ1) is 16.8. The zero-order valence-corrected chi connectivity index (χ0v) is 22.2. The van der Waals surface area contributed by atoms with Gasteiger partial charge in [-0.2, -0.15) is 5.10 Å². The van der Waals surface area contributed by atoms with Crippen LogP contribution in [-0.4, -0.2) is 54.5 Å². The van der Waals surface area contributed by atoms with Crippen molar-refractivity contribution in [1.82, 2.24) is 9.80 Å². The van der Waals surface area contributed by atoms with Crippen molar-refractivity contribution in [3.05, 3.63) is 69.7 Å². The van der Waals surface area contributed by atoms with Gasteiger partial charge in [0.25, 0.3) is 0 Å². The first-order valence-electron chi connectivity index (χ1n) is 11.9. The summed E-state index contributed by atoms with van der Waals surface area (Å²) in [6, 6.07) is 7.27. The van der Waals surface area contributed by atoms with Gasteiger partial charge in [-0.15, -0.1) is 5.10 Å². The second kappa shape index (κ2) is 13.6. The summed E-state index contributed by atoms with van der Waals surface area (Å²) in [5, 5.41) is 8.42. The van der Waals surface area contributed by atoms with E-state index in [4.69, 9.17) is 22.3 Å². The predicted molar refractivity (Wildman–Crippen MR) is 148 cm³/mol. The van der Waals surface area contributed by atoms with Gasteiger partial charge in [0.15, 0.2) is 6.29 Å². The largest absolute Gasteiger partial charge is 0.396 e. The first kappa shape index (κ1) is 28.1. The molecule has 7 nitrogen and oxygen atoms in total. The Morgan fingerprint density at radius 1 is 1.31 bits per heavy atom. The highest BCUT2D eigenvalue weighted by atomic mass is 35.5. The van der Waals surface area contributed by atoms with Crippen LogP contribution in [0.25, 0.3) is 0 Å². The molecule has 2 N–H and O–H groups in total. The number of nitrogens with two attached hydrogens (primary N) is 1. The highest BCUT2D eigenvalue weighted by Gasteiger charge is 2.29. The van der Waals surface area contributed by atoms with Crippen LogP contribution in [0.4, 0.5) is 0 Å². The molecule has 0 saturated carbocycles. The van der Waals surface area contributed by atoms with Crippen LogP contribution in [0.2, 0.25) is 5.02 Å². The lowest BCUT2D eigenvalue weighted by Gasteiger charge is -2.37. The van der Waals surface area contributed by atoms with Gasteiger partial charge in [-0.05, 0) is 50.5 Å². The van der Waals surface area contributed by atoms with Crippen molar-refractivity contribution in [3.63, 3.8) is 0 Å². The molecule has 0 bridgehead atoms. The van der Waals surface area contributed by atoms with Crippen LogP contribution in [-0.2, 0) is 4.79 Å². The van der Waals surface area contributed by atoms with E-state index in [1.165, 1.54) is 0 Å². The third-order valence-electron chi connectivity index (χ3n) is 5.89. The summed E-state index contributed by atoms with van der Waals surface area (Å²) >= 11 is 6.21. The van der Waals surface area contributed by atoms with Crippen molar-refractivity contribution in [2.75, 3.05) is 20.1 Å². The van der Waals surface area contributed by atoms with E-state index in [0.29, 0.717) is 36.4 Å². The van der Waals surface area contributed by atoms with Crippen molar-refractivity contribution in [3.8, 4) is 0 Å². The van der Waals surface area contributed by atoms with Gasteiger partial charge in [-0.25, -0.2) is 0 Å². The summed E-state index contributed by atoms with van der Waals surface area (Å²) in [5.74, 6) is 0.736. The molecule has 188 valence electrons. The minimum absolute atomic E-state index is 0.177. The number of hydrogen-bond donors (Lipinski definition) is 1. The summed E-state index contributed by atoms with van der Waals surface area (Å²) in [6.07, 6.45) is 7.53. The molecule has 0 spiro atoms. The Hall–Kier alpha value is -3.19. The molecule has 1 atom stereocenters. The number of benzene rings is 1. The number of unbranched alkanes of at least 4 members (excludes halogenated alkanes) is 1. The number of amidine groups is 1. The van der Waals surface area contributed by atoms with E-state index in [1.54, 1.807) is 0 Å². The number of halogens is 1. The van der Waals surface area contributed by atoms with Crippen molar-refractivity contribution in [2.24, 2.45) is 20.9 Å². The lowest BCUT2D eigenvalue weighted by molar-refractivity contribution is -0.105. The van der Waals surface area contributed by atoms with Gasteiger partial charge in [0.05, 0.1) is 17.4 Å². The van der Waals surface area contributed by atoms with Crippen molar-refractivity contribution >= 4 is 36.2 Å². The van der Waals surface area contributed by atoms with Crippen LogP contribution in [0.1, 0.15) is 58.6 Å². The van der Waals surface area contributed by atoms with Gasteiger partial charge in [0.1, 0.15) is 5.84 Å². The van der Waals surface area contributed by atoms with Crippen LogP contribution in [0.3, 0.4) is 0 Å². The maximum atomic E-state index is 12.0. The smallest absolute Gasteiger partial charge is 0.166 e. The zero-order chi connectivity index (χ0) is 26.0. The summed E-state index contributed by atoms with van der Waals surface area (Å²) < 4.78 is 0. The second-order valence-corrected chi connectivity index (χ2v) is 8.99. The third kappa shape index (κ3) is 7.39. The van der Waals surface area contributed by atoms with Crippen molar-refractivity contribution in [2.45, 2.75) is 53.0 Å². The Morgan fingerprint density at radius 2 is 2.00 bits per heavy atom. The fraction of sp³-hybridized carbons (Fsp3) is 0.407. The Morgan fingerprint density at radius 3 is 2.57 bits per heavy atom. The number of likely N-dealkylation sites (N-methyl/N-ethyl adjacent to an activating group) is 1. The minimum Gasteiger partial charge on any atom is -0.396 e. The summed E-state index contributed by atoms with van der Waals surface area (Å²) in [4.78, 5) is 21.0. The van der Waals surface area contributed by atoms with Gasteiger partial charge in [0.2, 0.25) is 0 Å². The van der Waals surface area contributed by atoms with Crippen molar-refractivity contribution < 1.29 is 4.79 Å². The van der Waals surface area contributed by atoms with Crippen LogP contribution in [0.15, 0.2) is 74.3 Å². The summed E-state index contributed by atoms with van der Waals surface area (Å²) in [5.41, 5.74) is 11.1. The van der Waals surface area contributed by atoms with Crippen LogP contribution < -0.4 is 5.73 Å². The molecule has 0 saturated heterocycles. The number of allylic oxidation sites excluding steroid dienone is 2. The number of aldehydes is 1. The maximum Gasteiger partial charge on any atom is 0.166 e. The Balaban J connectivity index is 2.71. The average Bonchev–Trinajstić information content (AvgIpc) is 2.85. The second-order valence-electron chi connectivity index (χ2n) is 8.55. The molecule has 1 unspecified atom stereocenters. The monoisotopic (exact) mass is 496 g/mol. The topological polar surface area (TPSA) is 86.7 Å². The Labute approximate surface area is 214 Å². The quantitative estimate of drug-likeness (QED) is 0.109. The molecule has 2 rings (SSSR count). The van der Waals surface area contributed by atoms with E-state index >= 15 is 0 Å². The zero-order valence-electron chi connectivity index (χ0n) is 21.5. The molecular weight excluding hydrogens is 460 g/mol. The van der Waals surface area contributed by atoms with Crippen LogP contribution >= 0.6 is 11.6 Å². The molecule has 1 aromatic rings. The molecule has 0 aliphatic carbocycles. The van der Waals surface area contributed by atoms with Crippen LogP contribution in [0, 0.1) is 0 Å². The van der Waals surface area contributed by atoms with Gasteiger partial charge in [-0.3, -0.25) is 9.79 Å². The minimum atomic E-state index is -0.359. The summed E-state index contributed by atoms with van der Waals surface area (Å²) in [6.45, 7) is 13.0. The number of carbonyl (C=O) groups is 1. The highest BCUT2D eigenvalue weighted by Crippen LogP contribution is 2.35. The Bertz CT molecular complexity index is 1050. The van der Waals surface area contributed by atoms with Crippen molar-refractivity contribution in [1.29, 1.82) is 0 Å². The SMILES string of the molecule is C=N/N=C(/C)N1C=C(N(C)C(C(C(CC)=NCCCC)=C(N)C=O)c2ccc(Cl)cc2)C=C(C)C1. The predicted octanol–water partition coefficient (Wildman–Crippen LogP) is 5.51. The molecule has 0 aromatic heterocycles. The van der Waals surface area contributed by atoms with Gasteiger partial charge in [-0.1, -0.05) is 49.6 Å². The lowest BCUT2D eigenvalue weighted by Crippen LogP contribution is -2.35.